The van der Waals surface area contributed by atoms with Gasteiger partial charge in [0, 0.05) is 24.9 Å². The van der Waals surface area contributed by atoms with E-state index in [0.717, 1.165) is 21.7 Å². The smallest absolute Gasteiger partial charge is 0.246 e. The molecule has 3 amide bonds. The zero-order valence-corrected chi connectivity index (χ0v) is 23.0. The van der Waals surface area contributed by atoms with Gasteiger partial charge in [-0.15, -0.1) is 11.3 Å². The average Bonchev–Trinajstić information content (AvgIpc) is 3.39. The maximum atomic E-state index is 13.6. The number of carbonyl (C=O) groups is 3. The number of benzene rings is 1. The Morgan fingerprint density at radius 1 is 1.14 bits per heavy atom. The highest BCUT2D eigenvalue weighted by molar-refractivity contribution is 7.13. The van der Waals surface area contributed by atoms with Crippen LogP contribution in [-0.2, 0) is 20.9 Å². The van der Waals surface area contributed by atoms with Gasteiger partial charge in [0.05, 0.1) is 22.2 Å². The second kappa shape index (κ2) is 10.7. The fraction of sp³-hybridized carbons (Fsp3) is 0.556. The standard InChI is InChI=1S/C27H38N4O4S/c1-16-21(36-15-29-16)18-10-8-17(9-11-18)13-28-23(33)20-12-19(32)14-31(20)24(34)22(26(2,3)4)30-25(35)27(5,6)7/h8-11,15,19-20,22,32H,12-14H2,1-7H3,(H,28,33)(H,30,35)/t19-,20?,22-/m1/s1. The third-order valence-electron chi connectivity index (χ3n) is 6.36. The number of thiazole rings is 1. The molecule has 0 aliphatic carbocycles. The fourth-order valence-electron chi connectivity index (χ4n) is 4.13. The minimum atomic E-state index is -0.826. The van der Waals surface area contributed by atoms with E-state index in [0.29, 0.717) is 6.54 Å². The molecule has 1 unspecified atom stereocenters. The summed E-state index contributed by atoms with van der Waals surface area (Å²) in [4.78, 5) is 46.2. The maximum absolute atomic E-state index is 13.6. The van der Waals surface area contributed by atoms with Crippen molar-refractivity contribution < 1.29 is 19.5 Å². The number of amides is 3. The number of carbonyl (C=O) groups excluding carboxylic acids is 3. The van der Waals surface area contributed by atoms with Crippen LogP contribution in [0, 0.1) is 17.8 Å². The molecule has 2 heterocycles. The normalized spacial score (nSPS) is 19.2. The van der Waals surface area contributed by atoms with Crippen LogP contribution < -0.4 is 10.6 Å². The number of aliphatic hydroxyl groups excluding tert-OH is 1. The Morgan fingerprint density at radius 3 is 2.31 bits per heavy atom. The van der Waals surface area contributed by atoms with Crippen molar-refractivity contribution in [3.05, 3.63) is 41.0 Å². The summed E-state index contributed by atoms with van der Waals surface area (Å²) in [5.41, 5.74) is 3.56. The predicted molar refractivity (Wildman–Crippen MR) is 141 cm³/mol. The Kier molecular flexibility index (Phi) is 8.25. The summed E-state index contributed by atoms with van der Waals surface area (Å²) in [7, 11) is 0. The van der Waals surface area contributed by atoms with Crippen molar-refractivity contribution in [3.63, 3.8) is 0 Å². The van der Waals surface area contributed by atoms with Gasteiger partial charge in [0.2, 0.25) is 17.7 Å². The molecule has 3 rings (SSSR count). The average molecular weight is 515 g/mol. The summed E-state index contributed by atoms with van der Waals surface area (Å²) < 4.78 is 0. The van der Waals surface area contributed by atoms with Gasteiger partial charge in [0.1, 0.15) is 12.1 Å². The second-order valence-corrected chi connectivity index (χ2v) is 12.5. The van der Waals surface area contributed by atoms with Gasteiger partial charge >= 0.3 is 0 Å². The molecule has 1 saturated heterocycles. The summed E-state index contributed by atoms with van der Waals surface area (Å²) in [5, 5.41) is 16.1. The van der Waals surface area contributed by atoms with Crippen molar-refractivity contribution >= 4 is 29.1 Å². The number of likely N-dealkylation sites (tertiary alicyclic amines) is 1. The number of nitrogens with one attached hydrogen (secondary N) is 2. The number of hydrogen-bond donors (Lipinski definition) is 3. The summed E-state index contributed by atoms with van der Waals surface area (Å²) >= 11 is 1.59. The molecular weight excluding hydrogens is 476 g/mol. The van der Waals surface area contributed by atoms with Crippen molar-refractivity contribution in [2.75, 3.05) is 6.54 Å². The number of β-amino-alcohol motifs (C(OH)–C–C–N with tert-alkyl or cyclic N) is 1. The molecule has 8 nitrogen and oxygen atoms in total. The van der Waals surface area contributed by atoms with E-state index in [1.165, 1.54) is 4.90 Å². The molecule has 9 heteroatoms. The van der Waals surface area contributed by atoms with Crippen LogP contribution in [0.1, 0.15) is 59.2 Å². The van der Waals surface area contributed by atoms with Gasteiger partial charge in [-0.2, -0.15) is 0 Å². The summed E-state index contributed by atoms with van der Waals surface area (Å²) in [5.74, 6) is -0.924. The lowest BCUT2D eigenvalue weighted by atomic mass is 9.84. The van der Waals surface area contributed by atoms with E-state index < -0.39 is 29.0 Å². The van der Waals surface area contributed by atoms with Crippen LogP contribution in [0.4, 0.5) is 0 Å². The quantitative estimate of drug-likeness (QED) is 0.548. The largest absolute Gasteiger partial charge is 0.391 e. The van der Waals surface area contributed by atoms with Crippen LogP contribution in [0.25, 0.3) is 10.4 Å². The number of aryl methyl sites for hydroxylation is 1. The summed E-state index contributed by atoms with van der Waals surface area (Å²) in [6.07, 6.45) is -0.642. The van der Waals surface area contributed by atoms with Gasteiger partial charge in [-0.05, 0) is 23.5 Å². The summed E-state index contributed by atoms with van der Waals surface area (Å²) in [6, 6.07) is 6.29. The lowest BCUT2D eigenvalue weighted by Crippen LogP contribution is -2.59. The second-order valence-electron chi connectivity index (χ2n) is 11.6. The molecule has 0 saturated carbocycles. The lowest BCUT2D eigenvalue weighted by Gasteiger charge is -2.36. The Labute approximate surface area is 217 Å². The Hall–Kier alpha value is -2.78. The van der Waals surface area contributed by atoms with Gasteiger partial charge in [-0.3, -0.25) is 14.4 Å². The van der Waals surface area contributed by atoms with Crippen LogP contribution in [0.2, 0.25) is 0 Å². The van der Waals surface area contributed by atoms with Crippen LogP contribution in [0.15, 0.2) is 29.8 Å². The first-order valence-corrected chi connectivity index (χ1v) is 13.1. The number of aromatic nitrogens is 1. The third kappa shape index (κ3) is 6.50. The van der Waals surface area contributed by atoms with Crippen molar-refractivity contribution in [2.24, 2.45) is 10.8 Å². The van der Waals surface area contributed by atoms with E-state index >= 15 is 0 Å². The molecule has 196 valence electrons. The van der Waals surface area contributed by atoms with Crippen LogP contribution in [-0.4, -0.2) is 57.4 Å². The molecule has 36 heavy (non-hydrogen) atoms. The van der Waals surface area contributed by atoms with Gasteiger partial charge < -0.3 is 20.6 Å². The highest BCUT2D eigenvalue weighted by Gasteiger charge is 2.45. The first kappa shape index (κ1) is 27.8. The first-order chi connectivity index (χ1) is 16.7. The van der Waals surface area contributed by atoms with Crippen molar-refractivity contribution in [2.45, 2.75) is 79.6 Å². The molecule has 3 N–H and O–H groups in total. The molecule has 1 aromatic heterocycles. The van der Waals surface area contributed by atoms with Crippen LogP contribution >= 0.6 is 11.3 Å². The third-order valence-corrected chi connectivity index (χ3v) is 7.34. The minimum absolute atomic E-state index is 0.0534. The first-order valence-electron chi connectivity index (χ1n) is 12.2. The Bertz CT molecular complexity index is 1100. The van der Waals surface area contributed by atoms with E-state index in [1.54, 1.807) is 32.1 Å². The molecule has 1 fully saturated rings. The molecule has 1 aliphatic rings. The fourth-order valence-corrected chi connectivity index (χ4v) is 4.94. The van der Waals surface area contributed by atoms with E-state index in [9.17, 15) is 19.5 Å². The molecule has 0 bridgehead atoms. The maximum Gasteiger partial charge on any atom is 0.246 e. The molecule has 1 aromatic carbocycles. The predicted octanol–water partition coefficient (Wildman–Crippen LogP) is 3.27. The number of nitrogens with zero attached hydrogens (tertiary/aromatic N) is 2. The molecule has 2 aromatic rings. The molecule has 3 atom stereocenters. The van der Waals surface area contributed by atoms with Crippen LogP contribution in [0.5, 0.6) is 0 Å². The molecule has 0 radical (unpaired) electrons. The molecule has 0 spiro atoms. The Balaban J connectivity index is 1.69. The van der Waals surface area contributed by atoms with Gasteiger partial charge in [0.25, 0.3) is 0 Å². The van der Waals surface area contributed by atoms with E-state index in [-0.39, 0.29) is 30.7 Å². The summed E-state index contributed by atoms with van der Waals surface area (Å²) in [6.45, 7) is 13.3. The van der Waals surface area contributed by atoms with Gasteiger partial charge in [-0.1, -0.05) is 65.8 Å². The van der Waals surface area contributed by atoms with Crippen LogP contribution in [0.3, 0.4) is 0 Å². The topological polar surface area (TPSA) is 112 Å². The van der Waals surface area contributed by atoms with E-state index in [1.807, 2.05) is 57.5 Å². The van der Waals surface area contributed by atoms with E-state index in [4.69, 9.17) is 0 Å². The minimum Gasteiger partial charge on any atom is -0.391 e. The molecular formula is C27H38N4O4S. The van der Waals surface area contributed by atoms with E-state index in [2.05, 4.69) is 15.6 Å². The highest BCUT2D eigenvalue weighted by Crippen LogP contribution is 2.28. The molecule has 1 aliphatic heterocycles. The monoisotopic (exact) mass is 514 g/mol. The zero-order chi connectivity index (χ0) is 26.8. The van der Waals surface area contributed by atoms with Crippen molar-refractivity contribution in [1.82, 2.24) is 20.5 Å². The number of aliphatic hydroxyl groups is 1. The highest BCUT2D eigenvalue weighted by atomic mass is 32.1. The SMILES string of the molecule is Cc1ncsc1-c1ccc(CNC(=O)C2C[C@@H](O)CN2C(=O)[C@@H](NC(=O)C(C)(C)C)C(C)(C)C)cc1. The number of hydrogen-bond acceptors (Lipinski definition) is 6. The van der Waals surface area contributed by atoms with Crippen molar-refractivity contribution in [1.29, 1.82) is 0 Å². The van der Waals surface area contributed by atoms with Gasteiger partial charge in [0.15, 0.2) is 0 Å². The Morgan fingerprint density at radius 2 is 1.78 bits per heavy atom. The lowest BCUT2D eigenvalue weighted by molar-refractivity contribution is -0.145. The van der Waals surface area contributed by atoms with Crippen molar-refractivity contribution in [3.8, 4) is 10.4 Å². The number of rotatable bonds is 6. The van der Waals surface area contributed by atoms with Gasteiger partial charge in [-0.25, -0.2) is 4.98 Å². The zero-order valence-electron chi connectivity index (χ0n) is 22.2.